The minimum atomic E-state index is 0.571. The molecule has 0 fully saturated rings. The molecule has 0 radical (unpaired) electrons. The van der Waals surface area contributed by atoms with E-state index in [-0.39, 0.29) is 0 Å². The number of aryl methyl sites for hydroxylation is 1. The van der Waals surface area contributed by atoms with E-state index in [4.69, 9.17) is 4.52 Å². The number of anilines is 1. The Morgan fingerprint density at radius 3 is 2.95 bits per heavy atom. The normalized spacial score (nSPS) is 13.0. The molecule has 104 valence electrons. The van der Waals surface area contributed by atoms with Gasteiger partial charge in [0, 0.05) is 23.4 Å². The van der Waals surface area contributed by atoms with Crippen LogP contribution in [0.1, 0.15) is 11.1 Å². The molecule has 2 heterocycles. The maximum Gasteiger partial charge on any atom is 0.258 e. The second-order valence-electron chi connectivity index (χ2n) is 5.34. The maximum absolute atomic E-state index is 5.42. The quantitative estimate of drug-likeness (QED) is 0.776. The van der Waals surface area contributed by atoms with E-state index in [1.807, 2.05) is 18.2 Å². The van der Waals surface area contributed by atoms with Crippen LogP contribution in [-0.4, -0.2) is 16.7 Å². The van der Waals surface area contributed by atoms with E-state index in [9.17, 15) is 0 Å². The molecule has 0 saturated heterocycles. The summed E-state index contributed by atoms with van der Waals surface area (Å²) in [6.45, 7) is 3.05. The maximum atomic E-state index is 5.42. The van der Waals surface area contributed by atoms with Crippen molar-refractivity contribution >= 4 is 5.69 Å². The molecule has 1 aliphatic rings. The second kappa shape index (κ2) is 4.74. The zero-order valence-electron chi connectivity index (χ0n) is 11.8. The second-order valence-corrected chi connectivity index (χ2v) is 5.34. The zero-order chi connectivity index (χ0) is 14.2. The highest BCUT2D eigenvalue weighted by Crippen LogP contribution is 2.29. The van der Waals surface area contributed by atoms with Crippen LogP contribution in [0.3, 0.4) is 0 Å². The number of hydrogen-bond acceptors (Lipinski definition) is 4. The molecule has 3 aromatic rings. The average Bonchev–Trinajstić information content (AvgIpc) is 3.15. The van der Waals surface area contributed by atoms with Crippen LogP contribution < -0.4 is 5.32 Å². The van der Waals surface area contributed by atoms with E-state index in [0.717, 1.165) is 24.1 Å². The summed E-state index contributed by atoms with van der Waals surface area (Å²) < 4.78 is 5.42. The molecular formula is C17H15N3O. The number of rotatable bonds is 2. The Kier molecular flexibility index (Phi) is 2.74. The van der Waals surface area contributed by atoms with E-state index in [2.05, 4.69) is 46.6 Å². The number of hydrogen-bond donors (Lipinski definition) is 1. The number of nitrogens with zero attached hydrogens (tertiary/aromatic N) is 2. The van der Waals surface area contributed by atoms with Gasteiger partial charge >= 0.3 is 0 Å². The predicted molar refractivity (Wildman–Crippen MR) is 82.1 cm³/mol. The average molecular weight is 277 g/mol. The molecule has 0 unspecified atom stereocenters. The van der Waals surface area contributed by atoms with Gasteiger partial charge in [-0.05, 0) is 43.2 Å². The van der Waals surface area contributed by atoms with E-state index >= 15 is 0 Å². The van der Waals surface area contributed by atoms with E-state index in [1.54, 1.807) is 0 Å². The standard InChI is InChI=1S/C17H15N3O/c1-11-3-2-4-13(9-11)16-19-17(21-20-16)14-5-6-15-12(10-14)7-8-18-15/h2-6,9-10,18H,7-8H2,1H3. The molecule has 21 heavy (non-hydrogen) atoms. The van der Waals surface area contributed by atoms with Crippen molar-refractivity contribution in [1.82, 2.24) is 10.1 Å². The summed E-state index contributed by atoms with van der Waals surface area (Å²) in [7, 11) is 0. The van der Waals surface area contributed by atoms with Crippen molar-refractivity contribution < 1.29 is 4.52 Å². The van der Waals surface area contributed by atoms with Gasteiger partial charge in [0.05, 0.1) is 0 Å². The number of fused-ring (bicyclic) bond motifs is 1. The highest BCUT2D eigenvalue weighted by molar-refractivity contribution is 5.66. The fourth-order valence-electron chi connectivity index (χ4n) is 2.68. The van der Waals surface area contributed by atoms with E-state index < -0.39 is 0 Å². The summed E-state index contributed by atoms with van der Waals surface area (Å²) in [5.41, 5.74) is 5.65. The van der Waals surface area contributed by atoms with Gasteiger partial charge in [0.2, 0.25) is 5.82 Å². The van der Waals surface area contributed by atoms with Gasteiger partial charge in [0.25, 0.3) is 5.89 Å². The Morgan fingerprint density at radius 2 is 2.05 bits per heavy atom. The van der Waals surface area contributed by atoms with Gasteiger partial charge in [-0.25, -0.2) is 0 Å². The summed E-state index contributed by atoms with van der Waals surface area (Å²) in [6.07, 6.45) is 1.04. The van der Waals surface area contributed by atoms with Crippen molar-refractivity contribution in [2.45, 2.75) is 13.3 Å². The molecule has 0 spiro atoms. The minimum Gasteiger partial charge on any atom is -0.384 e. The van der Waals surface area contributed by atoms with Crippen LogP contribution in [-0.2, 0) is 6.42 Å². The fraction of sp³-hybridized carbons (Fsp3) is 0.176. The van der Waals surface area contributed by atoms with Gasteiger partial charge in [0.15, 0.2) is 0 Å². The van der Waals surface area contributed by atoms with Gasteiger partial charge in [-0.15, -0.1) is 0 Å². The molecule has 0 atom stereocenters. The lowest BCUT2D eigenvalue weighted by molar-refractivity contribution is 0.432. The highest BCUT2D eigenvalue weighted by atomic mass is 16.5. The third kappa shape index (κ3) is 2.18. The molecule has 0 bridgehead atoms. The topological polar surface area (TPSA) is 51.0 Å². The largest absolute Gasteiger partial charge is 0.384 e. The summed E-state index contributed by atoms with van der Waals surface area (Å²) in [4.78, 5) is 4.52. The minimum absolute atomic E-state index is 0.571. The molecule has 2 aromatic carbocycles. The lowest BCUT2D eigenvalue weighted by Gasteiger charge is -2.00. The van der Waals surface area contributed by atoms with Crippen LogP contribution in [0.4, 0.5) is 5.69 Å². The first-order chi connectivity index (χ1) is 10.3. The number of benzene rings is 2. The molecule has 0 amide bonds. The highest BCUT2D eigenvalue weighted by Gasteiger charge is 2.15. The van der Waals surface area contributed by atoms with Gasteiger partial charge in [-0.2, -0.15) is 4.98 Å². The van der Waals surface area contributed by atoms with Gasteiger partial charge in [-0.1, -0.05) is 28.9 Å². The Labute approximate surface area is 122 Å². The molecule has 1 aromatic heterocycles. The van der Waals surface area contributed by atoms with Crippen molar-refractivity contribution in [2.24, 2.45) is 0 Å². The SMILES string of the molecule is Cc1cccc(-c2noc(-c3ccc4c(c3)CCN4)n2)c1. The first kappa shape index (κ1) is 12.1. The molecule has 1 N–H and O–H groups in total. The number of aromatic nitrogens is 2. The Hall–Kier alpha value is -2.62. The van der Waals surface area contributed by atoms with Crippen molar-refractivity contribution in [3.05, 3.63) is 53.6 Å². The monoisotopic (exact) mass is 277 g/mol. The Bertz CT molecular complexity index is 807. The van der Waals surface area contributed by atoms with Crippen molar-refractivity contribution in [3.63, 3.8) is 0 Å². The van der Waals surface area contributed by atoms with Crippen LogP contribution in [0.15, 0.2) is 47.0 Å². The first-order valence-electron chi connectivity index (χ1n) is 7.07. The van der Waals surface area contributed by atoms with Crippen LogP contribution in [0, 0.1) is 6.92 Å². The van der Waals surface area contributed by atoms with Gasteiger partial charge in [0.1, 0.15) is 0 Å². The van der Waals surface area contributed by atoms with Gasteiger partial charge in [-0.3, -0.25) is 0 Å². The van der Waals surface area contributed by atoms with Crippen LogP contribution in [0.2, 0.25) is 0 Å². The molecule has 0 saturated carbocycles. The molecule has 4 heteroatoms. The summed E-state index contributed by atoms with van der Waals surface area (Å²) >= 11 is 0. The lowest BCUT2D eigenvalue weighted by atomic mass is 10.1. The van der Waals surface area contributed by atoms with E-state index in [1.165, 1.54) is 16.8 Å². The lowest BCUT2D eigenvalue weighted by Crippen LogP contribution is -1.90. The van der Waals surface area contributed by atoms with Crippen molar-refractivity contribution in [1.29, 1.82) is 0 Å². The fourth-order valence-corrected chi connectivity index (χ4v) is 2.68. The molecular weight excluding hydrogens is 262 g/mol. The van der Waals surface area contributed by atoms with Crippen molar-refractivity contribution in [3.8, 4) is 22.8 Å². The van der Waals surface area contributed by atoms with Crippen LogP contribution >= 0.6 is 0 Å². The number of nitrogens with one attached hydrogen (secondary N) is 1. The summed E-state index contributed by atoms with van der Waals surface area (Å²) in [6, 6.07) is 14.3. The summed E-state index contributed by atoms with van der Waals surface area (Å²) in [5, 5.41) is 7.45. The Morgan fingerprint density at radius 1 is 1.10 bits per heavy atom. The Balaban J connectivity index is 1.71. The zero-order valence-corrected chi connectivity index (χ0v) is 11.8. The van der Waals surface area contributed by atoms with Crippen LogP contribution in [0.5, 0.6) is 0 Å². The van der Waals surface area contributed by atoms with Crippen molar-refractivity contribution in [2.75, 3.05) is 11.9 Å². The predicted octanol–water partition coefficient (Wildman–Crippen LogP) is 3.68. The molecule has 4 rings (SSSR count). The van der Waals surface area contributed by atoms with Crippen LogP contribution in [0.25, 0.3) is 22.8 Å². The first-order valence-corrected chi connectivity index (χ1v) is 7.07. The molecule has 0 aliphatic carbocycles. The van der Waals surface area contributed by atoms with Gasteiger partial charge < -0.3 is 9.84 Å². The molecule has 4 nitrogen and oxygen atoms in total. The van der Waals surface area contributed by atoms with E-state index in [0.29, 0.717) is 11.7 Å². The summed E-state index contributed by atoms with van der Waals surface area (Å²) in [5.74, 6) is 1.20. The third-order valence-corrected chi connectivity index (χ3v) is 3.76. The molecule has 1 aliphatic heterocycles. The third-order valence-electron chi connectivity index (χ3n) is 3.76. The smallest absolute Gasteiger partial charge is 0.258 e.